The minimum Gasteiger partial charge on any atom is -0.481 e. The first-order chi connectivity index (χ1) is 10.1. The third-order valence-electron chi connectivity index (χ3n) is 3.74. The predicted molar refractivity (Wildman–Crippen MR) is 77.5 cm³/mol. The van der Waals surface area contributed by atoms with E-state index in [1.54, 1.807) is 21.9 Å². The van der Waals surface area contributed by atoms with Crippen LogP contribution in [0.2, 0.25) is 0 Å². The Kier molecular flexibility index (Phi) is 4.95. The van der Waals surface area contributed by atoms with E-state index in [0.717, 1.165) is 6.42 Å². The quantitative estimate of drug-likeness (QED) is 0.826. The van der Waals surface area contributed by atoms with Crippen molar-refractivity contribution in [1.29, 1.82) is 0 Å². The van der Waals surface area contributed by atoms with Crippen molar-refractivity contribution in [2.24, 2.45) is 5.92 Å². The van der Waals surface area contributed by atoms with Crippen LogP contribution in [0.25, 0.3) is 0 Å². The number of ether oxygens (including phenoxy) is 1. The summed E-state index contributed by atoms with van der Waals surface area (Å²) in [7, 11) is 0. The summed E-state index contributed by atoms with van der Waals surface area (Å²) in [5.41, 5.74) is -0.190. The lowest BCUT2D eigenvalue weighted by Gasteiger charge is -2.30. The van der Waals surface area contributed by atoms with E-state index in [4.69, 9.17) is 4.74 Å². The maximum atomic E-state index is 12.4. The zero-order chi connectivity index (χ0) is 15.4. The van der Waals surface area contributed by atoms with Crippen molar-refractivity contribution in [3.8, 4) is 0 Å². The molecule has 1 N–H and O–H groups in total. The van der Waals surface area contributed by atoms with Crippen LogP contribution < -0.4 is 10.5 Å². The van der Waals surface area contributed by atoms with Crippen LogP contribution in [0.1, 0.15) is 20.3 Å². The Hall–Kier alpha value is -1.89. The molecule has 0 radical (unpaired) electrons. The highest BCUT2D eigenvalue weighted by molar-refractivity contribution is 5.72. The van der Waals surface area contributed by atoms with E-state index in [1.165, 1.54) is 0 Å². The Morgan fingerprint density at radius 1 is 1.52 bits per heavy atom. The summed E-state index contributed by atoms with van der Waals surface area (Å²) in [6.45, 7) is 5.48. The predicted octanol–water partition coefficient (Wildman–Crippen LogP) is 0.579. The summed E-state index contributed by atoms with van der Waals surface area (Å²) in [5, 5.41) is 9.31. The molecule has 1 saturated heterocycles. The Morgan fingerprint density at radius 2 is 2.29 bits per heavy atom. The Morgan fingerprint density at radius 3 is 2.90 bits per heavy atom. The maximum Gasteiger partial charge on any atom is 0.311 e. The molecule has 2 rings (SSSR count). The number of hydrogen-bond acceptors (Lipinski definition) is 5. The van der Waals surface area contributed by atoms with Crippen LogP contribution in [0.5, 0.6) is 0 Å². The van der Waals surface area contributed by atoms with E-state index in [2.05, 4.69) is 4.98 Å². The highest BCUT2D eigenvalue weighted by atomic mass is 16.5. The van der Waals surface area contributed by atoms with E-state index < -0.39 is 11.9 Å². The SMILES string of the molecule is CCCN(c1nccn(CC)c1=O)C1COCC1C(=O)O. The second-order valence-corrected chi connectivity index (χ2v) is 5.08. The van der Waals surface area contributed by atoms with E-state index in [-0.39, 0.29) is 18.2 Å². The number of anilines is 1. The monoisotopic (exact) mass is 295 g/mol. The number of nitrogens with zero attached hydrogens (tertiary/aromatic N) is 3. The van der Waals surface area contributed by atoms with E-state index in [9.17, 15) is 14.7 Å². The fourth-order valence-electron chi connectivity index (χ4n) is 2.64. The lowest BCUT2D eigenvalue weighted by molar-refractivity contribution is -0.142. The maximum absolute atomic E-state index is 12.4. The van der Waals surface area contributed by atoms with Gasteiger partial charge in [-0.3, -0.25) is 9.59 Å². The van der Waals surface area contributed by atoms with Crippen molar-refractivity contribution in [3.63, 3.8) is 0 Å². The van der Waals surface area contributed by atoms with Crippen molar-refractivity contribution >= 4 is 11.8 Å². The molecule has 2 atom stereocenters. The standard InChI is InChI=1S/C14H21N3O4/c1-3-6-17(11-9-21-8-10(11)14(19)20)12-13(18)16(4-2)7-5-15-12/h5,7,10-11H,3-4,6,8-9H2,1-2H3,(H,19,20). The van der Waals surface area contributed by atoms with Gasteiger partial charge in [0.1, 0.15) is 5.92 Å². The molecular weight excluding hydrogens is 274 g/mol. The van der Waals surface area contributed by atoms with Gasteiger partial charge < -0.3 is 19.3 Å². The minimum atomic E-state index is -0.898. The molecule has 1 aromatic rings. The number of carboxylic acids is 1. The molecule has 21 heavy (non-hydrogen) atoms. The van der Waals surface area contributed by atoms with Crippen LogP contribution in [-0.2, 0) is 16.1 Å². The first kappa shape index (κ1) is 15.5. The number of rotatable bonds is 6. The fourth-order valence-corrected chi connectivity index (χ4v) is 2.64. The van der Waals surface area contributed by atoms with Gasteiger partial charge in [0.15, 0.2) is 5.82 Å². The lowest BCUT2D eigenvalue weighted by Crippen LogP contribution is -2.47. The molecule has 7 heteroatoms. The smallest absolute Gasteiger partial charge is 0.311 e. The molecule has 0 bridgehead atoms. The van der Waals surface area contributed by atoms with Gasteiger partial charge in [0.25, 0.3) is 5.56 Å². The van der Waals surface area contributed by atoms with E-state index in [0.29, 0.717) is 25.5 Å². The average molecular weight is 295 g/mol. The molecule has 0 spiro atoms. The van der Waals surface area contributed by atoms with E-state index >= 15 is 0 Å². The number of aromatic nitrogens is 2. The van der Waals surface area contributed by atoms with Crippen LogP contribution in [0.4, 0.5) is 5.82 Å². The highest BCUT2D eigenvalue weighted by Crippen LogP contribution is 2.23. The topological polar surface area (TPSA) is 84.7 Å². The molecule has 0 saturated carbocycles. The van der Waals surface area contributed by atoms with Crippen molar-refractivity contribution in [2.45, 2.75) is 32.9 Å². The van der Waals surface area contributed by atoms with Gasteiger partial charge in [-0.1, -0.05) is 6.92 Å². The molecule has 7 nitrogen and oxygen atoms in total. The van der Waals surface area contributed by atoms with Gasteiger partial charge in [0, 0.05) is 25.5 Å². The zero-order valence-electron chi connectivity index (χ0n) is 12.4. The third kappa shape index (κ3) is 3.07. The first-order valence-corrected chi connectivity index (χ1v) is 7.22. The van der Waals surface area contributed by atoms with Crippen molar-refractivity contribution < 1.29 is 14.6 Å². The van der Waals surface area contributed by atoms with Crippen LogP contribution in [0.15, 0.2) is 17.2 Å². The number of aliphatic carboxylic acids is 1. The van der Waals surface area contributed by atoms with Crippen LogP contribution in [0, 0.1) is 5.92 Å². The van der Waals surface area contributed by atoms with Gasteiger partial charge in [-0.05, 0) is 13.3 Å². The highest BCUT2D eigenvalue weighted by Gasteiger charge is 2.39. The van der Waals surface area contributed by atoms with Gasteiger partial charge in [-0.2, -0.15) is 0 Å². The Balaban J connectivity index is 2.39. The second kappa shape index (κ2) is 6.71. The normalized spacial score (nSPS) is 21.4. The molecule has 1 fully saturated rings. The molecule has 1 aliphatic heterocycles. The number of aryl methyl sites for hydroxylation is 1. The zero-order valence-corrected chi connectivity index (χ0v) is 12.4. The minimum absolute atomic E-state index is 0.176. The summed E-state index contributed by atoms with van der Waals surface area (Å²) in [5.74, 6) is -1.22. The number of carboxylic acid groups (broad SMARTS) is 1. The fraction of sp³-hybridized carbons (Fsp3) is 0.643. The largest absolute Gasteiger partial charge is 0.481 e. The summed E-state index contributed by atoms with van der Waals surface area (Å²) in [6, 6.07) is -0.352. The molecule has 1 aliphatic rings. The summed E-state index contributed by atoms with van der Waals surface area (Å²) < 4.78 is 6.88. The molecule has 0 aromatic carbocycles. The Bertz CT molecular complexity index is 557. The van der Waals surface area contributed by atoms with E-state index in [1.807, 2.05) is 13.8 Å². The van der Waals surface area contributed by atoms with Gasteiger partial charge in [-0.25, -0.2) is 4.98 Å². The van der Waals surface area contributed by atoms with Crippen LogP contribution in [0.3, 0.4) is 0 Å². The number of hydrogen-bond donors (Lipinski definition) is 1. The van der Waals surface area contributed by atoms with Gasteiger partial charge in [-0.15, -0.1) is 0 Å². The third-order valence-corrected chi connectivity index (χ3v) is 3.74. The number of carbonyl (C=O) groups is 1. The lowest BCUT2D eigenvalue weighted by atomic mass is 10.0. The molecular formula is C14H21N3O4. The summed E-state index contributed by atoms with van der Waals surface area (Å²) in [4.78, 5) is 29.7. The van der Waals surface area contributed by atoms with Gasteiger partial charge in [0.2, 0.25) is 0 Å². The molecule has 2 unspecified atom stereocenters. The molecule has 0 aliphatic carbocycles. The first-order valence-electron chi connectivity index (χ1n) is 7.22. The van der Waals surface area contributed by atoms with Crippen LogP contribution >= 0.6 is 0 Å². The second-order valence-electron chi connectivity index (χ2n) is 5.08. The summed E-state index contributed by atoms with van der Waals surface area (Å²) >= 11 is 0. The van der Waals surface area contributed by atoms with Gasteiger partial charge in [0.05, 0.1) is 19.3 Å². The van der Waals surface area contributed by atoms with Crippen molar-refractivity contribution in [1.82, 2.24) is 9.55 Å². The van der Waals surface area contributed by atoms with Gasteiger partial charge >= 0.3 is 5.97 Å². The molecule has 2 heterocycles. The van der Waals surface area contributed by atoms with Crippen molar-refractivity contribution in [2.75, 3.05) is 24.7 Å². The average Bonchev–Trinajstić information content (AvgIpc) is 2.95. The molecule has 1 aromatic heterocycles. The molecule has 116 valence electrons. The van der Waals surface area contributed by atoms with Crippen molar-refractivity contribution in [3.05, 3.63) is 22.7 Å². The summed E-state index contributed by atoms with van der Waals surface area (Å²) in [6.07, 6.45) is 4.01. The Labute approximate surface area is 123 Å². The van der Waals surface area contributed by atoms with Crippen LogP contribution in [-0.4, -0.2) is 46.4 Å². The molecule has 0 amide bonds.